The molecule has 1 aromatic carbocycles. The molecular weight excluding hydrogens is 468 g/mol. The topological polar surface area (TPSA) is 34.6 Å². The molecule has 3 aliphatic heterocycles. The number of ether oxygens (including phenoxy) is 2. The van der Waals surface area contributed by atoms with Crippen LogP contribution in [-0.4, -0.2) is 53.9 Å². The predicted octanol–water partition coefficient (Wildman–Crippen LogP) is 6.81. The van der Waals surface area contributed by atoms with E-state index >= 15 is 0 Å². The normalized spacial score (nSPS) is 40.7. The van der Waals surface area contributed by atoms with Gasteiger partial charge in [-0.25, -0.2) is 0 Å². The van der Waals surface area contributed by atoms with Crippen molar-refractivity contribution in [1.82, 2.24) is 9.88 Å². The van der Waals surface area contributed by atoms with Crippen molar-refractivity contribution < 1.29 is 9.47 Å². The van der Waals surface area contributed by atoms with Gasteiger partial charge in [-0.3, -0.25) is 4.98 Å². The van der Waals surface area contributed by atoms with Crippen molar-refractivity contribution in [2.75, 3.05) is 26.8 Å². The molecule has 4 nitrogen and oxygen atoms in total. The third-order valence-electron chi connectivity index (χ3n) is 11.9. The van der Waals surface area contributed by atoms with Crippen molar-refractivity contribution in [3.63, 3.8) is 0 Å². The van der Waals surface area contributed by atoms with Crippen LogP contribution in [0, 0.1) is 16.7 Å². The van der Waals surface area contributed by atoms with Crippen LogP contribution < -0.4 is 0 Å². The molecule has 3 aliphatic carbocycles. The molecule has 2 spiro atoms. The Morgan fingerprint density at radius 2 is 1.95 bits per heavy atom. The first-order chi connectivity index (χ1) is 18.3. The Morgan fingerprint density at radius 3 is 2.79 bits per heavy atom. The van der Waals surface area contributed by atoms with E-state index in [4.69, 9.17) is 9.47 Å². The summed E-state index contributed by atoms with van der Waals surface area (Å²) in [5, 5.41) is 2.55. The first-order valence-corrected chi connectivity index (χ1v) is 15.1. The Bertz CT molecular complexity index is 1360. The zero-order valence-electron chi connectivity index (χ0n) is 23.3. The summed E-state index contributed by atoms with van der Waals surface area (Å²) in [6, 6.07) is 9.84. The average Bonchev–Trinajstić information content (AvgIpc) is 3.42. The van der Waals surface area contributed by atoms with Gasteiger partial charge in [-0.05, 0) is 110 Å². The van der Waals surface area contributed by atoms with Gasteiger partial charge in [0.05, 0.1) is 24.4 Å². The van der Waals surface area contributed by atoms with Crippen LogP contribution in [0.1, 0.15) is 76.7 Å². The third-order valence-corrected chi connectivity index (χ3v) is 11.9. The number of nitrogens with zero attached hydrogens (tertiary/aromatic N) is 2. The minimum Gasteiger partial charge on any atom is -0.380 e. The molecule has 4 heterocycles. The lowest BCUT2D eigenvalue weighted by Gasteiger charge is -2.55. The van der Waals surface area contributed by atoms with Crippen LogP contribution in [0.25, 0.3) is 10.8 Å². The summed E-state index contributed by atoms with van der Waals surface area (Å²) in [5.74, 6) is 1.16. The second-order valence-corrected chi connectivity index (χ2v) is 14.3. The van der Waals surface area contributed by atoms with Crippen LogP contribution in [-0.2, 0) is 9.47 Å². The maximum absolute atomic E-state index is 7.57. The van der Waals surface area contributed by atoms with Gasteiger partial charge < -0.3 is 14.4 Å². The van der Waals surface area contributed by atoms with Gasteiger partial charge in [0.25, 0.3) is 0 Å². The maximum Gasteiger partial charge on any atom is 0.0974 e. The van der Waals surface area contributed by atoms with Gasteiger partial charge in [0, 0.05) is 35.8 Å². The Kier molecular flexibility index (Phi) is 5.03. The summed E-state index contributed by atoms with van der Waals surface area (Å²) in [5.41, 5.74) is 5.05. The number of fused-ring (bicyclic) bond motifs is 2. The molecule has 4 heteroatoms. The highest BCUT2D eigenvalue weighted by molar-refractivity contribution is 5.82. The van der Waals surface area contributed by atoms with Crippen molar-refractivity contribution >= 4 is 10.8 Å². The second kappa shape index (κ2) is 8.02. The zero-order chi connectivity index (χ0) is 25.8. The highest BCUT2D eigenvalue weighted by Crippen LogP contribution is 2.69. The lowest BCUT2D eigenvalue weighted by atomic mass is 9.58. The van der Waals surface area contributed by atoms with E-state index in [2.05, 4.69) is 67.2 Å². The van der Waals surface area contributed by atoms with Gasteiger partial charge in [0.1, 0.15) is 0 Å². The Hall–Kier alpha value is -2.01. The van der Waals surface area contributed by atoms with Gasteiger partial charge in [0.2, 0.25) is 0 Å². The summed E-state index contributed by atoms with van der Waals surface area (Å²) >= 11 is 0. The van der Waals surface area contributed by atoms with E-state index in [0.717, 1.165) is 32.6 Å². The van der Waals surface area contributed by atoms with Crippen LogP contribution in [0.3, 0.4) is 0 Å². The lowest BCUT2D eigenvalue weighted by molar-refractivity contribution is -0.147. The molecule has 2 saturated heterocycles. The molecule has 1 unspecified atom stereocenters. The number of hydrogen-bond donors (Lipinski definition) is 0. The van der Waals surface area contributed by atoms with Crippen LogP contribution in [0.4, 0.5) is 0 Å². The standard InChI is InChI=1S/C34H42N2O2/c1-31(21-37-22-31)20-36(3)28-7-6-26-17-27-10-12-32(2)29(24-5-4-23-11-15-35-19-25(23)16-24)8-9-30(32)34(27)14-13-33(26,18-28)38-34/h4-5,10-11,15-17,19,28-30H,6-9,12-14,18,20-22H2,1-3H3/t28-,29+,30+,32+,33?,34+/m0/s1. The minimum absolute atomic E-state index is 0.0451. The van der Waals surface area contributed by atoms with E-state index in [1.54, 1.807) is 5.57 Å². The molecule has 2 saturated carbocycles. The SMILES string of the molecule is CN(CC1(C)COC1)[C@H]1CCC2=CC3=CC[C@]4(C)[C@@H](c5ccc6ccncc6c5)CC[C@H]4[C@@]34CCC2(C1)O4. The van der Waals surface area contributed by atoms with Crippen LogP contribution in [0.15, 0.2) is 60.0 Å². The minimum atomic E-state index is -0.0854. The van der Waals surface area contributed by atoms with Crippen LogP contribution in [0.5, 0.6) is 0 Å². The van der Waals surface area contributed by atoms with E-state index in [-0.39, 0.29) is 16.6 Å². The van der Waals surface area contributed by atoms with Gasteiger partial charge in [-0.2, -0.15) is 0 Å². The monoisotopic (exact) mass is 510 g/mol. The highest BCUT2D eigenvalue weighted by Gasteiger charge is 2.66. The van der Waals surface area contributed by atoms with Gasteiger partial charge >= 0.3 is 0 Å². The fourth-order valence-corrected chi connectivity index (χ4v) is 9.90. The highest BCUT2D eigenvalue weighted by atomic mass is 16.5. The van der Waals surface area contributed by atoms with E-state index in [9.17, 15) is 0 Å². The van der Waals surface area contributed by atoms with E-state index < -0.39 is 0 Å². The number of pyridine rings is 1. The Balaban J connectivity index is 1.10. The molecule has 2 aromatic rings. The molecule has 2 bridgehead atoms. The molecule has 1 aromatic heterocycles. The molecular formula is C34H42N2O2. The lowest BCUT2D eigenvalue weighted by Crippen LogP contribution is -2.56. The van der Waals surface area contributed by atoms with Gasteiger partial charge in [-0.1, -0.05) is 38.1 Å². The summed E-state index contributed by atoms with van der Waals surface area (Å²) in [4.78, 5) is 7.04. The van der Waals surface area contributed by atoms with Crippen molar-refractivity contribution in [3.8, 4) is 0 Å². The molecule has 6 aliphatic rings. The smallest absolute Gasteiger partial charge is 0.0974 e. The first kappa shape index (κ1) is 23.8. The Morgan fingerprint density at radius 1 is 1.05 bits per heavy atom. The quantitative estimate of drug-likeness (QED) is 0.452. The molecule has 200 valence electrons. The van der Waals surface area contributed by atoms with Crippen LogP contribution in [0.2, 0.25) is 0 Å². The number of rotatable bonds is 4. The van der Waals surface area contributed by atoms with Gasteiger partial charge in [0.15, 0.2) is 0 Å². The molecule has 6 atom stereocenters. The van der Waals surface area contributed by atoms with Gasteiger partial charge in [-0.15, -0.1) is 0 Å². The number of hydrogen-bond acceptors (Lipinski definition) is 4. The second-order valence-electron chi connectivity index (χ2n) is 14.3. The zero-order valence-corrected chi connectivity index (χ0v) is 23.3. The van der Waals surface area contributed by atoms with E-state index in [1.165, 1.54) is 60.4 Å². The number of benzene rings is 1. The molecule has 4 fully saturated rings. The Labute approximate surface area is 227 Å². The fourth-order valence-electron chi connectivity index (χ4n) is 9.90. The summed E-state index contributed by atoms with van der Waals surface area (Å²) in [7, 11) is 2.34. The molecule has 0 N–H and O–H groups in total. The number of aromatic nitrogens is 1. The van der Waals surface area contributed by atoms with E-state index in [0.29, 0.717) is 23.3 Å². The van der Waals surface area contributed by atoms with Crippen LogP contribution >= 0.6 is 0 Å². The predicted molar refractivity (Wildman–Crippen MR) is 151 cm³/mol. The summed E-state index contributed by atoms with van der Waals surface area (Å²) in [6.45, 7) is 7.90. The van der Waals surface area contributed by atoms with Crippen molar-refractivity contribution in [2.24, 2.45) is 16.7 Å². The fraction of sp³-hybridized carbons (Fsp3) is 0.618. The first-order valence-electron chi connectivity index (χ1n) is 15.1. The van der Waals surface area contributed by atoms with Crippen molar-refractivity contribution in [2.45, 2.75) is 88.4 Å². The summed E-state index contributed by atoms with van der Waals surface area (Å²) < 4.78 is 13.1. The molecule has 8 rings (SSSR count). The van der Waals surface area contributed by atoms with Crippen molar-refractivity contribution in [1.29, 1.82) is 0 Å². The molecule has 0 amide bonds. The average molecular weight is 511 g/mol. The largest absolute Gasteiger partial charge is 0.380 e. The summed E-state index contributed by atoms with van der Waals surface area (Å²) in [6.07, 6.45) is 18.8. The number of allylic oxidation sites excluding steroid dienone is 1. The van der Waals surface area contributed by atoms with E-state index in [1.807, 2.05) is 12.4 Å². The molecule has 0 radical (unpaired) electrons. The third kappa shape index (κ3) is 3.23. The molecule has 38 heavy (non-hydrogen) atoms. The maximum atomic E-state index is 7.57. The van der Waals surface area contributed by atoms with Crippen molar-refractivity contribution in [3.05, 3.63) is 65.5 Å².